The van der Waals surface area contributed by atoms with Crippen molar-refractivity contribution in [2.24, 2.45) is 0 Å². The fourth-order valence-corrected chi connectivity index (χ4v) is 3.32. The molecule has 0 spiro atoms. The van der Waals surface area contributed by atoms with Crippen LogP contribution in [0.25, 0.3) is 11.3 Å². The molecule has 0 bridgehead atoms. The highest BCUT2D eigenvalue weighted by Crippen LogP contribution is 2.25. The molecule has 4 rings (SSSR count). The number of methoxy groups -OCH3 is 1. The normalized spacial score (nSPS) is 13.3. The van der Waals surface area contributed by atoms with Gasteiger partial charge in [0.15, 0.2) is 11.5 Å². The van der Waals surface area contributed by atoms with E-state index in [4.69, 9.17) is 9.26 Å². The van der Waals surface area contributed by atoms with E-state index >= 15 is 0 Å². The zero-order valence-corrected chi connectivity index (χ0v) is 16.1. The van der Waals surface area contributed by atoms with Crippen molar-refractivity contribution in [3.63, 3.8) is 0 Å². The highest BCUT2D eigenvalue weighted by Gasteiger charge is 2.20. The van der Waals surface area contributed by atoms with Crippen molar-refractivity contribution in [2.75, 3.05) is 25.5 Å². The Morgan fingerprint density at radius 3 is 2.66 bits per heavy atom. The summed E-state index contributed by atoms with van der Waals surface area (Å²) < 4.78 is 10.5. The monoisotopic (exact) mass is 391 g/mol. The minimum atomic E-state index is -0.409. The second-order valence-corrected chi connectivity index (χ2v) is 6.84. The molecule has 1 N–H and O–H groups in total. The summed E-state index contributed by atoms with van der Waals surface area (Å²) in [7, 11) is 1.58. The number of likely N-dealkylation sites (tertiary alicyclic amines) is 1. The first-order valence-corrected chi connectivity index (χ1v) is 9.46. The zero-order chi connectivity index (χ0) is 20.2. The molecule has 2 heterocycles. The van der Waals surface area contributed by atoms with E-state index in [1.807, 2.05) is 23.1 Å². The molecule has 2 amide bonds. The maximum Gasteiger partial charge on any atom is 0.277 e. The summed E-state index contributed by atoms with van der Waals surface area (Å²) in [5.41, 5.74) is 2.00. The fourth-order valence-electron chi connectivity index (χ4n) is 3.32. The van der Waals surface area contributed by atoms with Gasteiger partial charge in [0.05, 0.1) is 7.11 Å². The van der Waals surface area contributed by atoms with Crippen molar-refractivity contribution in [3.8, 4) is 17.1 Å². The Morgan fingerprint density at radius 2 is 1.86 bits per heavy atom. The van der Waals surface area contributed by atoms with Crippen LogP contribution in [0, 0.1) is 0 Å². The molecular weight excluding hydrogens is 370 g/mol. The lowest BCUT2D eigenvalue weighted by molar-refractivity contribution is 0.0792. The third-order valence-electron chi connectivity index (χ3n) is 4.86. The van der Waals surface area contributed by atoms with Gasteiger partial charge in [-0.25, -0.2) is 0 Å². The predicted octanol–water partition coefficient (Wildman–Crippen LogP) is 3.84. The number of rotatable bonds is 5. The Bertz CT molecular complexity index is 1040. The van der Waals surface area contributed by atoms with Gasteiger partial charge < -0.3 is 19.5 Å². The van der Waals surface area contributed by atoms with Crippen LogP contribution in [0.15, 0.2) is 59.1 Å². The summed E-state index contributed by atoms with van der Waals surface area (Å²) in [6.45, 7) is 1.56. The Labute approximate surface area is 168 Å². The third-order valence-corrected chi connectivity index (χ3v) is 4.86. The number of nitrogens with zero attached hydrogens (tertiary/aromatic N) is 2. The molecule has 1 aliphatic heterocycles. The fraction of sp³-hybridized carbons (Fsp3) is 0.227. The van der Waals surface area contributed by atoms with Gasteiger partial charge in [-0.3, -0.25) is 9.59 Å². The summed E-state index contributed by atoms with van der Waals surface area (Å²) in [4.78, 5) is 26.9. The Balaban J connectivity index is 1.48. The van der Waals surface area contributed by atoms with Crippen LogP contribution in [-0.2, 0) is 0 Å². The number of carbonyl (C=O) groups is 2. The molecule has 29 heavy (non-hydrogen) atoms. The third kappa shape index (κ3) is 4.13. The number of ether oxygens (including phenoxy) is 1. The van der Waals surface area contributed by atoms with Gasteiger partial charge in [0.2, 0.25) is 0 Å². The molecule has 3 aromatic rings. The van der Waals surface area contributed by atoms with Gasteiger partial charge >= 0.3 is 0 Å². The van der Waals surface area contributed by atoms with Crippen LogP contribution in [0.1, 0.15) is 33.7 Å². The van der Waals surface area contributed by atoms with E-state index in [0.717, 1.165) is 31.5 Å². The van der Waals surface area contributed by atoms with Crippen molar-refractivity contribution in [3.05, 3.63) is 65.9 Å². The number of hydrogen-bond donors (Lipinski definition) is 1. The molecule has 7 heteroatoms. The minimum Gasteiger partial charge on any atom is -0.497 e. The van der Waals surface area contributed by atoms with Crippen LogP contribution in [-0.4, -0.2) is 42.1 Å². The van der Waals surface area contributed by atoms with Crippen molar-refractivity contribution >= 4 is 17.5 Å². The van der Waals surface area contributed by atoms with Crippen molar-refractivity contribution < 1.29 is 18.8 Å². The van der Waals surface area contributed by atoms with E-state index in [1.54, 1.807) is 43.5 Å². The minimum absolute atomic E-state index is 0.0136. The molecule has 0 atom stereocenters. The van der Waals surface area contributed by atoms with E-state index < -0.39 is 5.91 Å². The maximum atomic E-state index is 12.6. The van der Waals surface area contributed by atoms with E-state index in [1.165, 1.54) is 0 Å². The number of amides is 2. The van der Waals surface area contributed by atoms with E-state index in [0.29, 0.717) is 22.8 Å². The summed E-state index contributed by atoms with van der Waals surface area (Å²) in [5, 5.41) is 6.64. The molecule has 1 fully saturated rings. The van der Waals surface area contributed by atoms with Crippen LogP contribution in [0.2, 0.25) is 0 Å². The molecular formula is C22H21N3O4. The average molecular weight is 391 g/mol. The SMILES string of the molecule is COc1cccc(-c2cc(C(=O)Nc3cccc(C(=O)N4CCCC4)c3)no2)c1. The molecule has 0 saturated carbocycles. The van der Waals surface area contributed by atoms with Crippen molar-refractivity contribution in [1.82, 2.24) is 10.1 Å². The van der Waals surface area contributed by atoms with Gasteiger partial charge in [-0.05, 0) is 43.2 Å². The lowest BCUT2D eigenvalue weighted by Gasteiger charge is -2.15. The number of benzene rings is 2. The van der Waals surface area contributed by atoms with Crippen LogP contribution in [0.5, 0.6) is 5.75 Å². The highest BCUT2D eigenvalue weighted by molar-refractivity contribution is 6.04. The summed E-state index contributed by atoms with van der Waals surface area (Å²) in [6.07, 6.45) is 2.06. The smallest absolute Gasteiger partial charge is 0.277 e. The van der Waals surface area contributed by atoms with Crippen LogP contribution in [0.3, 0.4) is 0 Å². The highest BCUT2D eigenvalue weighted by atomic mass is 16.5. The molecule has 0 aliphatic carbocycles. The van der Waals surface area contributed by atoms with Crippen LogP contribution >= 0.6 is 0 Å². The zero-order valence-electron chi connectivity index (χ0n) is 16.1. The van der Waals surface area contributed by atoms with Gasteiger partial charge in [0.1, 0.15) is 5.75 Å². The van der Waals surface area contributed by atoms with Crippen molar-refractivity contribution in [1.29, 1.82) is 0 Å². The van der Waals surface area contributed by atoms with E-state index in [2.05, 4.69) is 10.5 Å². The summed E-state index contributed by atoms with van der Waals surface area (Å²) in [5.74, 6) is 0.727. The first-order chi connectivity index (χ1) is 14.1. The molecule has 1 aliphatic rings. The number of carbonyl (C=O) groups excluding carboxylic acids is 2. The van der Waals surface area contributed by atoms with E-state index in [9.17, 15) is 9.59 Å². The first-order valence-electron chi connectivity index (χ1n) is 9.46. The quantitative estimate of drug-likeness (QED) is 0.714. The molecule has 1 aromatic heterocycles. The summed E-state index contributed by atoms with van der Waals surface area (Å²) in [6, 6.07) is 15.8. The number of anilines is 1. The predicted molar refractivity (Wildman–Crippen MR) is 108 cm³/mol. The summed E-state index contributed by atoms with van der Waals surface area (Å²) >= 11 is 0. The Hall–Kier alpha value is -3.61. The standard InChI is InChI=1S/C22H21N3O4/c1-28-18-9-5-6-15(13-18)20-14-19(24-29-20)21(26)23-17-8-4-7-16(12-17)22(27)25-10-2-3-11-25/h4-9,12-14H,2-3,10-11H2,1H3,(H,23,26). The molecule has 1 saturated heterocycles. The Morgan fingerprint density at radius 1 is 1.07 bits per heavy atom. The number of nitrogens with one attached hydrogen (secondary N) is 1. The average Bonchev–Trinajstić information content (AvgIpc) is 3.46. The number of hydrogen-bond acceptors (Lipinski definition) is 5. The second-order valence-electron chi connectivity index (χ2n) is 6.84. The topological polar surface area (TPSA) is 84.7 Å². The molecule has 2 aromatic carbocycles. The van der Waals surface area contributed by atoms with Crippen LogP contribution < -0.4 is 10.1 Å². The molecule has 0 radical (unpaired) electrons. The van der Waals surface area contributed by atoms with Gasteiger partial charge in [-0.15, -0.1) is 0 Å². The molecule has 0 unspecified atom stereocenters. The molecule has 148 valence electrons. The lowest BCUT2D eigenvalue weighted by Crippen LogP contribution is -2.27. The largest absolute Gasteiger partial charge is 0.497 e. The van der Waals surface area contributed by atoms with E-state index in [-0.39, 0.29) is 11.6 Å². The second kappa shape index (κ2) is 8.18. The first kappa shape index (κ1) is 18.7. The Kier molecular flexibility index (Phi) is 5.29. The molecule has 7 nitrogen and oxygen atoms in total. The number of aromatic nitrogens is 1. The van der Waals surface area contributed by atoms with Crippen molar-refractivity contribution in [2.45, 2.75) is 12.8 Å². The van der Waals surface area contributed by atoms with Gasteiger partial charge in [-0.1, -0.05) is 23.4 Å². The van der Waals surface area contributed by atoms with Gasteiger partial charge in [-0.2, -0.15) is 0 Å². The van der Waals surface area contributed by atoms with Crippen LogP contribution in [0.4, 0.5) is 5.69 Å². The van der Waals surface area contributed by atoms with Gasteiger partial charge in [0.25, 0.3) is 11.8 Å². The maximum absolute atomic E-state index is 12.6. The van der Waals surface area contributed by atoms with Gasteiger partial charge in [0, 0.05) is 36.0 Å². The lowest BCUT2D eigenvalue weighted by atomic mass is 10.1.